The lowest BCUT2D eigenvalue weighted by atomic mass is 10.2. The van der Waals surface area contributed by atoms with E-state index >= 15 is 0 Å². The van der Waals surface area contributed by atoms with Crippen LogP contribution in [0.4, 0.5) is 0 Å². The molecule has 0 atom stereocenters. The van der Waals surface area contributed by atoms with E-state index in [0.717, 1.165) is 6.42 Å². The summed E-state index contributed by atoms with van der Waals surface area (Å²) in [6.07, 6.45) is 3.20. The molecule has 0 aromatic heterocycles. The molecule has 0 fully saturated rings. The van der Waals surface area contributed by atoms with Crippen LogP contribution in [-0.4, -0.2) is 5.91 Å². The number of nitrogens with two attached hydrogens (primary N) is 1. The summed E-state index contributed by atoms with van der Waals surface area (Å²) in [5.74, 6) is -0.211. The Labute approximate surface area is 85.4 Å². The molecule has 0 aliphatic carbocycles. The summed E-state index contributed by atoms with van der Waals surface area (Å²) < 4.78 is 0. The Balaban J connectivity index is 0.000000255. The van der Waals surface area contributed by atoms with Gasteiger partial charge in [0.15, 0.2) is 0 Å². The molecule has 0 unspecified atom stereocenters. The van der Waals surface area contributed by atoms with Gasteiger partial charge in [-0.05, 0) is 12.0 Å². The largest absolute Gasteiger partial charge is 0.370 e. The van der Waals surface area contributed by atoms with Gasteiger partial charge in [-0.15, -0.1) is 0 Å². The summed E-state index contributed by atoms with van der Waals surface area (Å²) in [5.41, 5.74) is 5.94. The molecule has 0 saturated heterocycles. The minimum absolute atomic E-state index is 0.211. The molecule has 1 aromatic rings. The number of hydrogen-bond donors (Lipinski definition) is 1. The van der Waals surface area contributed by atoms with Crippen LogP contribution in [0.3, 0.4) is 0 Å². The zero-order valence-corrected chi connectivity index (χ0v) is 8.57. The normalized spacial score (nSPS) is 8.36. The Morgan fingerprint density at radius 3 is 2.21 bits per heavy atom. The number of carbonyl (C=O) groups is 1. The topological polar surface area (TPSA) is 43.1 Å². The van der Waals surface area contributed by atoms with E-state index in [0.29, 0.717) is 6.42 Å². The van der Waals surface area contributed by atoms with Crippen molar-refractivity contribution in [3.8, 4) is 0 Å². The van der Waals surface area contributed by atoms with Gasteiger partial charge in [0.2, 0.25) is 5.91 Å². The first-order valence-electron chi connectivity index (χ1n) is 4.66. The molecule has 1 aromatic carbocycles. The molecule has 0 aliphatic heterocycles. The summed E-state index contributed by atoms with van der Waals surface area (Å²) in [6, 6.07) is 10.0. The molecule has 0 saturated carbocycles. The summed E-state index contributed by atoms with van der Waals surface area (Å²) in [6.45, 7) is 5.55. The van der Waals surface area contributed by atoms with E-state index in [1.54, 1.807) is 0 Å². The molecule has 0 bridgehead atoms. The van der Waals surface area contributed by atoms with Crippen LogP contribution < -0.4 is 5.73 Å². The first-order valence-corrected chi connectivity index (χ1v) is 4.66. The van der Waals surface area contributed by atoms with E-state index in [1.165, 1.54) is 5.56 Å². The molecule has 76 valence electrons. The monoisotopic (exact) mass is 191 g/mol. The molecule has 0 radical (unpaired) electrons. The van der Waals surface area contributed by atoms with Crippen molar-refractivity contribution in [2.45, 2.75) is 19.8 Å². The van der Waals surface area contributed by atoms with Gasteiger partial charge in [-0.25, -0.2) is 0 Å². The number of benzene rings is 1. The summed E-state index contributed by atoms with van der Waals surface area (Å²) >= 11 is 0. The van der Waals surface area contributed by atoms with Gasteiger partial charge >= 0.3 is 0 Å². The number of hydrogen-bond acceptors (Lipinski definition) is 1. The minimum atomic E-state index is -0.211. The third-order valence-electron chi connectivity index (χ3n) is 1.53. The number of rotatable bonds is 3. The van der Waals surface area contributed by atoms with Crippen LogP contribution in [-0.2, 0) is 4.79 Å². The molecule has 1 rings (SSSR count). The minimum Gasteiger partial charge on any atom is -0.370 e. The molecule has 0 heterocycles. The molecule has 0 aliphatic rings. The summed E-state index contributed by atoms with van der Waals surface area (Å²) in [7, 11) is 0. The third kappa shape index (κ3) is 7.10. The van der Waals surface area contributed by atoms with E-state index in [1.807, 2.05) is 43.3 Å². The first kappa shape index (κ1) is 12.4. The molecular formula is C12H17NO. The van der Waals surface area contributed by atoms with Crippen molar-refractivity contribution in [2.24, 2.45) is 5.73 Å². The fourth-order valence-electron chi connectivity index (χ4n) is 0.836. The zero-order chi connectivity index (χ0) is 10.8. The fraction of sp³-hybridized carbons (Fsp3) is 0.250. The molecule has 2 heteroatoms. The molecule has 2 nitrogen and oxygen atoms in total. The highest BCUT2D eigenvalue weighted by Gasteiger charge is 1.84. The SMILES string of the molecule is C=Cc1ccccc1.CCCC(N)=O. The number of carbonyl (C=O) groups excluding carboxylic acids is 1. The Kier molecular flexibility index (Phi) is 7.15. The average molecular weight is 191 g/mol. The number of amides is 1. The van der Waals surface area contributed by atoms with E-state index < -0.39 is 0 Å². The first-order chi connectivity index (χ1) is 6.70. The maximum absolute atomic E-state index is 9.82. The van der Waals surface area contributed by atoms with Crippen LogP contribution in [0.2, 0.25) is 0 Å². The van der Waals surface area contributed by atoms with Crippen LogP contribution in [0.1, 0.15) is 25.3 Å². The van der Waals surface area contributed by atoms with Crippen LogP contribution in [0.25, 0.3) is 6.08 Å². The maximum Gasteiger partial charge on any atom is 0.217 e. The molecule has 0 spiro atoms. The van der Waals surface area contributed by atoms with Gasteiger partial charge in [0.25, 0.3) is 0 Å². The van der Waals surface area contributed by atoms with E-state index in [2.05, 4.69) is 6.58 Å². The van der Waals surface area contributed by atoms with Gasteiger partial charge in [0.1, 0.15) is 0 Å². The van der Waals surface area contributed by atoms with E-state index in [4.69, 9.17) is 5.73 Å². The van der Waals surface area contributed by atoms with Crippen LogP contribution in [0.5, 0.6) is 0 Å². The second-order valence-electron chi connectivity index (χ2n) is 2.83. The standard InChI is InChI=1S/C8H8.C4H9NO/c1-2-8-6-4-3-5-7-8;1-2-3-4(5)6/h2-7H,1H2;2-3H2,1H3,(H2,5,6). The second-order valence-corrected chi connectivity index (χ2v) is 2.83. The van der Waals surface area contributed by atoms with Crippen molar-refractivity contribution < 1.29 is 4.79 Å². The van der Waals surface area contributed by atoms with Gasteiger partial charge < -0.3 is 5.73 Å². The third-order valence-corrected chi connectivity index (χ3v) is 1.53. The summed E-state index contributed by atoms with van der Waals surface area (Å²) in [4.78, 5) is 9.82. The lowest BCUT2D eigenvalue weighted by molar-refractivity contribution is -0.118. The second kappa shape index (κ2) is 8.05. The summed E-state index contributed by atoms with van der Waals surface area (Å²) in [5, 5.41) is 0. The highest BCUT2D eigenvalue weighted by atomic mass is 16.1. The van der Waals surface area contributed by atoms with Crippen LogP contribution in [0, 0.1) is 0 Å². The Morgan fingerprint density at radius 1 is 1.43 bits per heavy atom. The molecule has 14 heavy (non-hydrogen) atoms. The predicted octanol–water partition coefficient (Wildman–Crippen LogP) is 2.60. The van der Waals surface area contributed by atoms with Gasteiger partial charge in [0, 0.05) is 6.42 Å². The lowest BCUT2D eigenvalue weighted by Crippen LogP contribution is -2.08. The van der Waals surface area contributed by atoms with Gasteiger partial charge in [-0.1, -0.05) is 49.9 Å². The Hall–Kier alpha value is -1.57. The zero-order valence-electron chi connectivity index (χ0n) is 8.57. The smallest absolute Gasteiger partial charge is 0.217 e. The Morgan fingerprint density at radius 2 is 2.00 bits per heavy atom. The number of primary amides is 1. The van der Waals surface area contributed by atoms with Gasteiger partial charge in [-0.2, -0.15) is 0 Å². The maximum atomic E-state index is 9.82. The fourth-order valence-corrected chi connectivity index (χ4v) is 0.836. The van der Waals surface area contributed by atoms with Crippen molar-refractivity contribution in [1.82, 2.24) is 0 Å². The molecular weight excluding hydrogens is 174 g/mol. The molecule has 2 N–H and O–H groups in total. The van der Waals surface area contributed by atoms with E-state index in [9.17, 15) is 4.79 Å². The van der Waals surface area contributed by atoms with Crippen molar-refractivity contribution in [2.75, 3.05) is 0 Å². The van der Waals surface area contributed by atoms with Crippen LogP contribution >= 0.6 is 0 Å². The van der Waals surface area contributed by atoms with Crippen molar-refractivity contribution >= 4 is 12.0 Å². The predicted molar refractivity (Wildman–Crippen MR) is 60.6 cm³/mol. The van der Waals surface area contributed by atoms with Crippen LogP contribution in [0.15, 0.2) is 36.9 Å². The van der Waals surface area contributed by atoms with Crippen molar-refractivity contribution in [3.05, 3.63) is 42.5 Å². The highest BCUT2D eigenvalue weighted by Crippen LogP contribution is 1.97. The van der Waals surface area contributed by atoms with Crippen molar-refractivity contribution in [1.29, 1.82) is 0 Å². The van der Waals surface area contributed by atoms with Gasteiger partial charge in [0.05, 0.1) is 0 Å². The lowest BCUT2D eigenvalue weighted by Gasteiger charge is -1.85. The van der Waals surface area contributed by atoms with Gasteiger partial charge in [-0.3, -0.25) is 4.79 Å². The average Bonchev–Trinajstić information content (AvgIpc) is 2.20. The van der Waals surface area contributed by atoms with Crippen molar-refractivity contribution in [3.63, 3.8) is 0 Å². The van der Waals surface area contributed by atoms with E-state index in [-0.39, 0.29) is 5.91 Å². The quantitative estimate of drug-likeness (QED) is 0.784. The molecule has 1 amide bonds. The Bertz CT molecular complexity index is 267. The highest BCUT2D eigenvalue weighted by molar-refractivity contribution is 5.73.